The fraction of sp³-hybridized carbons (Fsp3) is 0.273. The first-order valence-corrected chi connectivity index (χ1v) is 4.89. The molecular formula is C11H10FNO4. The van der Waals surface area contributed by atoms with Gasteiger partial charge in [-0.3, -0.25) is 14.6 Å². The molecule has 0 radical (unpaired) electrons. The van der Waals surface area contributed by atoms with Crippen LogP contribution in [0.4, 0.5) is 4.39 Å². The van der Waals surface area contributed by atoms with E-state index >= 15 is 0 Å². The second-order valence-corrected chi connectivity index (χ2v) is 3.11. The summed E-state index contributed by atoms with van der Waals surface area (Å²) in [7, 11) is 0. The Morgan fingerprint density at radius 3 is 2.59 bits per heavy atom. The molecule has 0 bridgehead atoms. The second-order valence-electron chi connectivity index (χ2n) is 3.11. The lowest BCUT2D eigenvalue weighted by molar-refractivity contribution is -0.153. The maximum absolute atomic E-state index is 12.5. The number of aromatic nitrogens is 1. The predicted octanol–water partition coefficient (Wildman–Crippen LogP) is 0.926. The van der Waals surface area contributed by atoms with Gasteiger partial charge in [0.05, 0.1) is 19.2 Å². The van der Waals surface area contributed by atoms with Gasteiger partial charge in [-0.25, -0.2) is 9.18 Å². The van der Waals surface area contributed by atoms with E-state index in [1.54, 1.807) is 6.92 Å². The minimum Gasteiger partial charge on any atom is -0.460 e. The van der Waals surface area contributed by atoms with Crippen molar-refractivity contribution in [3.8, 4) is 0 Å². The van der Waals surface area contributed by atoms with E-state index in [9.17, 15) is 18.8 Å². The summed E-state index contributed by atoms with van der Waals surface area (Å²) in [5, 5.41) is 0. The molecule has 0 saturated heterocycles. The van der Waals surface area contributed by atoms with Crippen LogP contribution in [0, 0.1) is 5.82 Å². The van der Waals surface area contributed by atoms with Crippen LogP contribution in [0.15, 0.2) is 18.3 Å². The lowest BCUT2D eigenvalue weighted by Crippen LogP contribution is -2.21. The van der Waals surface area contributed by atoms with E-state index in [1.165, 1.54) is 0 Å². The van der Waals surface area contributed by atoms with Crippen molar-refractivity contribution >= 4 is 17.5 Å². The quantitative estimate of drug-likeness (QED) is 0.330. The zero-order chi connectivity index (χ0) is 12.8. The Bertz CT molecular complexity index is 441. The fourth-order valence-corrected chi connectivity index (χ4v) is 1.06. The van der Waals surface area contributed by atoms with Gasteiger partial charge in [-0.05, 0) is 19.1 Å². The van der Waals surface area contributed by atoms with Gasteiger partial charge in [-0.15, -0.1) is 0 Å². The van der Waals surface area contributed by atoms with E-state index in [-0.39, 0.29) is 12.3 Å². The Morgan fingerprint density at radius 1 is 1.35 bits per heavy atom. The monoisotopic (exact) mass is 239 g/mol. The Hall–Kier alpha value is -2.11. The smallest absolute Gasteiger partial charge is 0.375 e. The maximum atomic E-state index is 12.5. The first-order valence-electron chi connectivity index (χ1n) is 4.89. The molecule has 90 valence electrons. The van der Waals surface area contributed by atoms with Crippen LogP contribution in [0.1, 0.15) is 23.8 Å². The fourth-order valence-electron chi connectivity index (χ4n) is 1.06. The summed E-state index contributed by atoms with van der Waals surface area (Å²) >= 11 is 0. The largest absolute Gasteiger partial charge is 0.460 e. The average molecular weight is 239 g/mol. The van der Waals surface area contributed by atoms with Gasteiger partial charge >= 0.3 is 5.97 Å². The van der Waals surface area contributed by atoms with Crippen LogP contribution >= 0.6 is 0 Å². The molecule has 5 nitrogen and oxygen atoms in total. The SMILES string of the molecule is CCOC(=O)C(=O)CC(=O)c1ccc(F)cn1. The molecule has 17 heavy (non-hydrogen) atoms. The van der Waals surface area contributed by atoms with Gasteiger partial charge in [0.2, 0.25) is 5.78 Å². The predicted molar refractivity (Wildman–Crippen MR) is 54.8 cm³/mol. The van der Waals surface area contributed by atoms with Crippen LogP contribution in [0.25, 0.3) is 0 Å². The van der Waals surface area contributed by atoms with Crippen molar-refractivity contribution < 1.29 is 23.5 Å². The Morgan fingerprint density at radius 2 is 2.06 bits per heavy atom. The molecule has 0 fully saturated rings. The first kappa shape index (κ1) is 13.0. The molecule has 1 aromatic rings. The normalized spacial score (nSPS) is 9.76. The number of Topliss-reactive ketones (excluding diaryl/α,β-unsaturated/α-hetero) is 2. The summed E-state index contributed by atoms with van der Waals surface area (Å²) in [6.07, 6.45) is 0.236. The lowest BCUT2D eigenvalue weighted by Gasteiger charge is -2.00. The van der Waals surface area contributed by atoms with Crippen molar-refractivity contribution in [2.24, 2.45) is 0 Å². The number of esters is 1. The number of ether oxygens (including phenoxy) is 1. The van der Waals surface area contributed by atoms with Gasteiger partial charge in [0.1, 0.15) is 11.5 Å². The molecule has 1 aromatic heterocycles. The number of halogens is 1. The summed E-state index contributed by atoms with van der Waals surface area (Å²) in [5.41, 5.74) is -0.0657. The number of ketones is 2. The topological polar surface area (TPSA) is 73.3 Å². The number of rotatable bonds is 5. The molecule has 1 rings (SSSR count). The van der Waals surface area contributed by atoms with Crippen molar-refractivity contribution in [1.82, 2.24) is 4.98 Å². The highest BCUT2D eigenvalue weighted by Gasteiger charge is 2.20. The summed E-state index contributed by atoms with van der Waals surface area (Å²) in [6, 6.07) is 2.20. The molecule has 0 N–H and O–H groups in total. The van der Waals surface area contributed by atoms with Crippen LogP contribution < -0.4 is 0 Å². The number of carbonyl (C=O) groups is 3. The minimum absolute atomic E-state index is 0.0631. The van der Waals surface area contributed by atoms with Crippen molar-refractivity contribution in [1.29, 1.82) is 0 Å². The molecule has 0 aliphatic heterocycles. The molecule has 0 saturated carbocycles. The van der Waals surface area contributed by atoms with Crippen molar-refractivity contribution in [2.75, 3.05) is 6.61 Å². The zero-order valence-corrected chi connectivity index (χ0v) is 9.10. The molecule has 0 spiro atoms. The lowest BCUT2D eigenvalue weighted by atomic mass is 10.1. The molecule has 0 amide bonds. The van der Waals surface area contributed by atoms with Crippen LogP contribution in [0.2, 0.25) is 0 Å². The standard InChI is InChI=1S/C11H10FNO4/c1-2-17-11(16)10(15)5-9(14)8-4-3-7(12)6-13-8/h3-4,6H,2,5H2,1H3. The van der Waals surface area contributed by atoms with Gasteiger partial charge < -0.3 is 4.74 Å². The number of nitrogens with zero attached hydrogens (tertiary/aromatic N) is 1. The Labute approximate surface area is 96.6 Å². The first-order chi connectivity index (χ1) is 8.04. The third kappa shape index (κ3) is 3.75. The third-order valence-corrected chi connectivity index (χ3v) is 1.84. The molecule has 0 aliphatic rings. The molecular weight excluding hydrogens is 229 g/mol. The minimum atomic E-state index is -1.05. The highest BCUT2D eigenvalue weighted by Crippen LogP contribution is 2.03. The van der Waals surface area contributed by atoms with E-state index < -0.39 is 29.8 Å². The molecule has 0 aromatic carbocycles. The summed E-state index contributed by atoms with van der Waals surface area (Å²) < 4.78 is 17.0. The Kier molecular flexibility index (Phi) is 4.45. The van der Waals surface area contributed by atoms with Gasteiger partial charge in [0, 0.05) is 0 Å². The summed E-state index contributed by atoms with van der Waals surface area (Å²) in [6.45, 7) is 1.61. The summed E-state index contributed by atoms with van der Waals surface area (Å²) in [5.74, 6) is -3.23. The number of pyridine rings is 1. The molecule has 6 heteroatoms. The van der Waals surface area contributed by atoms with Gasteiger partial charge in [0.25, 0.3) is 0 Å². The number of carbonyl (C=O) groups excluding carboxylic acids is 3. The molecule has 1 heterocycles. The Balaban J connectivity index is 2.63. The van der Waals surface area contributed by atoms with Gasteiger partial charge in [-0.2, -0.15) is 0 Å². The average Bonchev–Trinajstić information content (AvgIpc) is 2.30. The van der Waals surface area contributed by atoms with Crippen molar-refractivity contribution in [2.45, 2.75) is 13.3 Å². The zero-order valence-electron chi connectivity index (χ0n) is 9.10. The van der Waals surface area contributed by atoms with E-state index in [2.05, 4.69) is 9.72 Å². The van der Waals surface area contributed by atoms with Crippen LogP contribution in [-0.4, -0.2) is 29.1 Å². The number of hydrogen-bond donors (Lipinski definition) is 0. The van der Waals surface area contributed by atoms with Crippen LogP contribution in [0.3, 0.4) is 0 Å². The maximum Gasteiger partial charge on any atom is 0.375 e. The third-order valence-electron chi connectivity index (χ3n) is 1.84. The summed E-state index contributed by atoms with van der Waals surface area (Å²) in [4.78, 5) is 37.1. The van der Waals surface area contributed by atoms with Gasteiger partial charge in [0.15, 0.2) is 5.78 Å². The molecule has 0 unspecified atom stereocenters. The van der Waals surface area contributed by atoms with E-state index in [4.69, 9.17) is 0 Å². The highest BCUT2D eigenvalue weighted by molar-refractivity contribution is 6.38. The number of hydrogen-bond acceptors (Lipinski definition) is 5. The van der Waals surface area contributed by atoms with Crippen LogP contribution in [-0.2, 0) is 14.3 Å². The van der Waals surface area contributed by atoms with Gasteiger partial charge in [-0.1, -0.05) is 0 Å². The van der Waals surface area contributed by atoms with E-state index in [0.717, 1.165) is 18.3 Å². The second kappa shape index (κ2) is 5.83. The van der Waals surface area contributed by atoms with Crippen LogP contribution in [0.5, 0.6) is 0 Å². The van der Waals surface area contributed by atoms with Crippen molar-refractivity contribution in [3.05, 3.63) is 29.8 Å². The highest BCUT2D eigenvalue weighted by atomic mass is 19.1. The molecule has 0 atom stereocenters. The van der Waals surface area contributed by atoms with E-state index in [0.29, 0.717) is 0 Å². The van der Waals surface area contributed by atoms with Crippen molar-refractivity contribution in [3.63, 3.8) is 0 Å². The molecule has 0 aliphatic carbocycles. The van der Waals surface area contributed by atoms with E-state index in [1.807, 2.05) is 0 Å².